The molecular formula is C15H16. The average Bonchev–Trinajstić information content (AvgIpc) is 2.66. The molecule has 0 radical (unpaired) electrons. The molecule has 0 nitrogen and oxygen atoms in total. The first kappa shape index (κ1) is 6.07. The van der Waals surface area contributed by atoms with E-state index in [0.29, 0.717) is 0 Å². The average molecular weight is 196 g/mol. The van der Waals surface area contributed by atoms with E-state index < -0.39 is 0 Å². The van der Waals surface area contributed by atoms with Gasteiger partial charge in [-0.2, -0.15) is 0 Å². The van der Waals surface area contributed by atoms with Crippen LogP contribution < -0.4 is 0 Å². The van der Waals surface area contributed by atoms with Gasteiger partial charge in [0, 0.05) is 0 Å². The van der Waals surface area contributed by atoms with Gasteiger partial charge in [0.15, 0.2) is 0 Å². The van der Waals surface area contributed by atoms with Gasteiger partial charge in [0.25, 0.3) is 0 Å². The number of hydrogen-bond donors (Lipinski definition) is 0. The molecule has 0 amide bonds. The summed E-state index contributed by atoms with van der Waals surface area (Å²) in [7, 11) is 0. The first-order valence-corrected chi connectivity index (χ1v) is 7.42. The molecule has 8 saturated carbocycles. The predicted octanol–water partition coefficient (Wildman–Crippen LogP) is 2.40. The molecule has 8 aliphatic carbocycles. The fraction of sp³-hybridized carbons (Fsp3) is 1.00. The summed E-state index contributed by atoms with van der Waals surface area (Å²) in [5.74, 6) is 13.0. The monoisotopic (exact) mass is 196 g/mol. The highest BCUT2D eigenvalue weighted by Gasteiger charge is 3.03. The quantitative estimate of drug-likeness (QED) is 0.558. The van der Waals surface area contributed by atoms with E-state index in [0.717, 1.165) is 10.8 Å². The zero-order chi connectivity index (χ0) is 8.89. The highest BCUT2D eigenvalue weighted by Crippen LogP contribution is 3.08. The SMILES string of the molecule is C1C2C3CC4C5C6C7CC8(C75)C3C8C24C16. The molecular weight excluding hydrogens is 180 g/mol. The van der Waals surface area contributed by atoms with Crippen LogP contribution in [0.1, 0.15) is 19.3 Å². The van der Waals surface area contributed by atoms with Crippen LogP contribution in [0.15, 0.2) is 0 Å². The molecule has 12 unspecified atom stereocenters. The zero-order valence-electron chi connectivity index (χ0n) is 8.89. The molecule has 0 aromatic heterocycles. The lowest BCUT2D eigenvalue weighted by atomic mass is 9.38. The Kier molecular flexibility index (Phi) is 0.473. The largest absolute Gasteiger partial charge is 0.0462 e. The Morgan fingerprint density at radius 1 is 0.800 bits per heavy atom. The number of hydrogen-bond acceptors (Lipinski definition) is 0. The summed E-state index contributed by atoms with van der Waals surface area (Å²) >= 11 is 0. The van der Waals surface area contributed by atoms with Crippen LogP contribution in [0.25, 0.3) is 0 Å². The number of fused-ring (bicyclic) bond motifs is 3. The molecule has 8 rings (SSSR count). The van der Waals surface area contributed by atoms with Crippen LogP contribution in [0.2, 0.25) is 0 Å². The molecule has 15 heavy (non-hydrogen) atoms. The van der Waals surface area contributed by atoms with Crippen LogP contribution in [0, 0.1) is 70.0 Å². The van der Waals surface area contributed by atoms with Gasteiger partial charge in [-0.15, -0.1) is 0 Å². The van der Waals surface area contributed by atoms with Crippen molar-refractivity contribution in [3.63, 3.8) is 0 Å². The van der Waals surface area contributed by atoms with E-state index >= 15 is 0 Å². The van der Waals surface area contributed by atoms with Crippen LogP contribution in [0.5, 0.6) is 0 Å². The third kappa shape index (κ3) is 0.255. The van der Waals surface area contributed by atoms with Crippen molar-refractivity contribution in [3.05, 3.63) is 0 Å². The Hall–Kier alpha value is 0. The Bertz CT molecular complexity index is 486. The van der Waals surface area contributed by atoms with Crippen LogP contribution in [-0.2, 0) is 0 Å². The van der Waals surface area contributed by atoms with Crippen LogP contribution >= 0.6 is 0 Å². The van der Waals surface area contributed by atoms with E-state index in [-0.39, 0.29) is 0 Å². The van der Waals surface area contributed by atoms with E-state index in [1.165, 1.54) is 59.2 Å². The molecule has 0 aliphatic heterocycles. The second-order valence-electron chi connectivity index (χ2n) is 8.62. The molecule has 2 spiro atoms. The lowest BCUT2D eigenvalue weighted by Gasteiger charge is -2.66. The van der Waals surface area contributed by atoms with Crippen molar-refractivity contribution in [1.82, 2.24) is 0 Å². The van der Waals surface area contributed by atoms with Gasteiger partial charge in [-0.1, -0.05) is 0 Å². The van der Waals surface area contributed by atoms with Gasteiger partial charge in [0.1, 0.15) is 0 Å². The van der Waals surface area contributed by atoms with Gasteiger partial charge in [-0.25, -0.2) is 0 Å². The molecule has 0 N–H and O–H groups in total. The van der Waals surface area contributed by atoms with Gasteiger partial charge in [-0.05, 0) is 89.3 Å². The minimum absolute atomic E-state index is 1.05. The van der Waals surface area contributed by atoms with Crippen molar-refractivity contribution in [2.45, 2.75) is 19.3 Å². The van der Waals surface area contributed by atoms with Gasteiger partial charge >= 0.3 is 0 Å². The van der Waals surface area contributed by atoms with Crippen molar-refractivity contribution in [1.29, 1.82) is 0 Å². The molecule has 0 heteroatoms. The smallest absolute Gasteiger partial charge is 0.0167 e. The summed E-state index contributed by atoms with van der Waals surface area (Å²) in [5, 5.41) is 0. The highest BCUT2D eigenvalue weighted by atomic mass is 15.1. The van der Waals surface area contributed by atoms with Crippen molar-refractivity contribution in [3.8, 4) is 0 Å². The van der Waals surface area contributed by atoms with E-state index in [1.54, 1.807) is 19.3 Å². The minimum atomic E-state index is 1.05. The van der Waals surface area contributed by atoms with Gasteiger partial charge in [0.2, 0.25) is 0 Å². The van der Waals surface area contributed by atoms with Crippen LogP contribution in [0.3, 0.4) is 0 Å². The van der Waals surface area contributed by atoms with Crippen LogP contribution in [0.4, 0.5) is 0 Å². The Morgan fingerprint density at radius 2 is 1.73 bits per heavy atom. The zero-order valence-corrected chi connectivity index (χ0v) is 8.89. The van der Waals surface area contributed by atoms with Gasteiger partial charge in [0.05, 0.1) is 0 Å². The maximum atomic E-state index is 1.74. The summed E-state index contributed by atoms with van der Waals surface area (Å²) in [6.45, 7) is 0. The highest BCUT2D eigenvalue weighted by molar-refractivity contribution is 5.50. The summed E-state index contributed by atoms with van der Waals surface area (Å²) < 4.78 is 0. The Balaban J connectivity index is 1.67. The molecule has 0 aromatic rings. The predicted molar refractivity (Wildman–Crippen MR) is 53.6 cm³/mol. The summed E-state index contributed by atoms with van der Waals surface area (Å²) in [4.78, 5) is 0. The van der Waals surface area contributed by atoms with Crippen molar-refractivity contribution in [2.24, 2.45) is 70.0 Å². The summed E-state index contributed by atoms with van der Waals surface area (Å²) in [6, 6.07) is 0. The van der Waals surface area contributed by atoms with E-state index in [4.69, 9.17) is 0 Å². The third-order valence-corrected chi connectivity index (χ3v) is 9.88. The molecule has 0 aromatic carbocycles. The third-order valence-electron chi connectivity index (χ3n) is 9.88. The van der Waals surface area contributed by atoms with Crippen molar-refractivity contribution < 1.29 is 0 Å². The Morgan fingerprint density at radius 3 is 2.73 bits per heavy atom. The van der Waals surface area contributed by atoms with Crippen LogP contribution in [-0.4, -0.2) is 0 Å². The van der Waals surface area contributed by atoms with E-state index in [1.807, 2.05) is 0 Å². The second-order valence-corrected chi connectivity index (χ2v) is 8.62. The Labute approximate surface area is 89.8 Å². The van der Waals surface area contributed by atoms with Crippen molar-refractivity contribution >= 4 is 0 Å². The molecule has 0 saturated heterocycles. The summed E-state index contributed by atoms with van der Waals surface area (Å²) in [5.41, 5.74) is 2.10. The maximum absolute atomic E-state index is 1.74. The molecule has 3 bridgehead atoms. The van der Waals surface area contributed by atoms with Crippen molar-refractivity contribution in [2.75, 3.05) is 0 Å². The molecule has 0 heterocycles. The lowest BCUT2D eigenvalue weighted by molar-refractivity contribution is -0.189. The number of rotatable bonds is 0. The summed E-state index contributed by atoms with van der Waals surface area (Å²) in [6.07, 6.45) is 5.19. The van der Waals surface area contributed by atoms with Gasteiger partial charge in [-0.3, -0.25) is 0 Å². The maximum Gasteiger partial charge on any atom is -0.0167 e. The van der Waals surface area contributed by atoms with E-state index in [9.17, 15) is 0 Å². The molecule has 8 aliphatic rings. The van der Waals surface area contributed by atoms with E-state index in [2.05, 4.69) is 0 Å². The second kappa shape index (κ2) is 1.17. The molecule has 12 atom stereocenters. The first-order chi connectivity index (χ1) is 7.42. The normalized spacial score (nSPS) is 102. The first-order valence-electron chi connectivity index (χ1n) is 7.42. The fourth-order valence-electron chi connectivity index (χ4n) is 10.6. The molecule has 8 fully saturated rings. The topological polar surface area (TPSA) is 0 Å². The fourth-order valence-corrected chi connectivity index (χ4v) is 10.6. The van der Waals surface area contributed by atoms with Gasteiger partial charge < -0.3 is 0 Å². The molecule has 76 valence electrons. The minimum Gasteiger partial charge on any atom is -0.0462 e. The standard InChI is InChI=1S/C15H16/c1-4-6-2-8-9-5-3-14-11(5)10(9)7(1)15(6,8)13(14)12(4)14/h4-13H,1-3H2. The lowest BCUT2D eigenvalue weighted by Crippen LogP contribution is -2.62.